The highest BCUT2D eigenvalue weighted by molar-refractivity contribution is 4.89. The van der Waals surface area contributed by atoms with Gasteiger partial charge in [0.1, 0.15) is 0 Å². The lowest BCUT2D eigenvalue weighted by atomic mass is 10.2. The molecule has 0 bridgehead atoms. The zero-order valence-electron chi connectivity index (χ0n) is 13.5. The highest BCUT2D eigenvalue weighted by Crippen LogP contribution is 2.01. The molecule has 0 aliphatic heterocycles. The molecule has 112 valence electrons. The van der Waals surface area contributed by atoms with Crippen molar-refractivity contribution in [3.63, 3.8) is 0 Å². The zero-order valence-corrected chi connectivity index (χ0v) is 13.5. The summed E-state index contributed by atoms with van der Waals surface area (Å²) in [6.07, 6.45) is 19.9. The standard InChI is InChI=1S/C18H35N/c1-4-7-9-11-13-15-17-19(6-3)18-16-14-12-10-8-5-2/h13-16H,4-12,17-18H2,1-3H3/b15-13+,16-14+. The molecule has 0 saturated carbocycles. The van der Waals surface area contributed by atoms with Crippen LogP contribution in [0.1, 0.15) is 72.1 Å². The molecule has 0 aromatic heterocycles. The van der Waals surface area contributed by atoms with Gasteiger partial charge in [0.05, 0.1) is 0 Å². The van der Waals surface area contributed by atoms with Crippen LogP contribution in [-0.4, -0.2) is 24.5 Å². The molecule has 0 spiro atoms. The van der Waals surface area contributed by atoms with Crippen LogP contribution in [-0.2, 0) is 0 Å². The van der Waals surface area contributed by atoms with Crippen LogP contribution in [0.15, 0.2) is 24.3 Å². The van der Waals surface area contributed by atoms with Crippen LogP contribution in [0.25, 0.3) is 0 Å². The first-order valence-electron chi connectivity index (χ1n) is 8.37. The highest BCUT2D eigenvalue weighted by atomic mass is 15.1. The number of hydrogen-bond acceptors (Lipinski definition) is 1. The van der Waals surface area contributed by atoms with Gasteiger partial charge < -0.3 is 0 Å². The van der Waals surface area contributed by atoms with Gasteiger partial charge >= 0.3 is 0 Å². The average Bonchev–Trinajstić information content (AvgIpc) is 2.44. The van der Waals surface area contributed by atoms with E-state index in [9.17, 15) is 0 Å². The normalized spacial score (nSPS) is 12.2. The van der Waals surface area contributed by atoms with Crippen molar-refractivity contribution >= 4 is 0 Å². The molecule has 0 heterocycles. The quantitative estimate of drug-likeness (QED) is 0.310. The van der Waals surface area contributed by atoms with Crippen molar-refractivity contribution in [3.05, 3.63) is 24.3 Å². The van der Waals surface area contributed by atoms with Gasteiger partial charge in [0.2, 0.25) is 0 Å². The summed E-state index contributed by atoms with van der Waals surface area (Å²) in [4.78, 5) is 2.48. The van der Waals surface area contributed by atoms with E-state index in [0.717, 1.165) is 19.6 Å². The molecule has 0 aromatic carbocycles. The van der Waals surface area contributed by atoms with Crippen LogP contribution in [0.2, 0.25) is 0 Å². The van der Waals surface area contributed by atoms with Gasteiger partial charge in [-0.05, 0) is 32.2 Å². The van der Waals surface area contributed by atoms with E-state index in [2.05, 4.69) is 50.0 Å². The number of hydrogen-bond donors (Lipinski definition) is 0. The molecule has 0 rings (SSSR count). The molecule has 0 fully saturated rings. The van der Waals surface area contributed by atoms with Gasteiger partial charge in [-0.2, -0.15) is 0 Å². The third-order valence-corrected chi connectivity index (χ3v) is 3.46. The molecule has 0 atom stereocenters. The van der Waals surface area contributed by atoms with Crippen LogP contribution in [0.3, 0.4) is 0 Å². The molecule has 19 heavy (non-hydrogen) atoms. The summed E-state index contributed by atoms with van der Waals surface area (Å²) in [7, 11) is 0. The SMILES string of the molecule is CCCCC/C=C/CN(CC)C/C=C/CCCCC. The minimum atomic E-state index is 1.10. The average molecular weight is 265 g/mol. The number of allylic oxidation sites excluding steroid dienone is 2. The van der Waals surface area contributed by atoms with E-state index in [1.165, 1.54) is 51.4 Å². The van der Waals surface area contributed by atoms with E-state index in [-0.39, 0.29) is 0 Å². The largest absolute Gasteiger partial charge is 0.296 e. The molecular formula is C18H35N. The third kappa shape index (κ3) is 13.7. The Kier molecular flexibility index (Phi) is 15.0. The zero-order chi connectivity index (χ0) is 14.2. The maximum absolute atomic E-state index is 2.48. The molecule has 0 aliphatic rings. The Morgan fingerprint density at radius 3 is 1.47 bits per heavy atom. The maximum Gasteiger partial charge on any atom is 0.0166 e. The predicted octanol–water partition coefficient (Wildman–Crippen LogP) is 5.58. The molecule has 0 unspecified atom stereocenters. The van der Waals surface area contributed by atoms with Crippen molar-refractivity contribution in [1.82, 2.24) is 4.90 Å². The second-order valence-electron chi connectivity index (χ2n) is 5.29. The fourth-order valence-corrected chi connectivity index (χ4v) is 2.04. The van der Waals surface area contributed by atoms with Crippen molar-refractivity contribution in [2.24, 2.45) is 0 Å². The van der Waals surface area contributed by atoms with E-state index in [4.69, 9.17) is 0 Å². The molecule has 0 aromatic rings. The van der Waals surface area contributed by atoms with Gasteiger partial charge in [-0.1, -0.05) is 70.8 Å². The molecular weight excluding hydrogens is 230 g/mol. The summed E-state index contributed by atoms with van der Waals surface area (Å²) in [6, 6.07) is 0. The summed E-state index contributed by atoms with van der Waals surface area (Å²) in [5, 5.41) is 0. The summed E-state index contributed by atoms with van der Waals surface area (Å²) >= 11 is 0. The summed E-state index contributed by atoms with van der Waals surface area (Å²) in [5.41, 5.74) is 0. The minimum absolute atomic E-state index is 1.10. The van der Waals surface area contributed by atoms with Crippen molar-refractivity contribution in [2.75, 3.05) is 19.6 Å². The maximum atomic E-state index is 2.48. The monoisotopic (exact) mass is 265 g/mol. The van der Waals surface area contributed by atoms with Crippen LogP contribution in [0.5, 0.6) is 0 Å². The molecule has 1 nitrogen and oxygen atoms in total. The second kappa shape index (κ2) is 15.5. The Hall–Kier alpha value is -0.560. The van der Waals surface area contributed by atoms with Crippen LogP contribution in [0, 0.1) is 0 Å². The molecule has 0 aliphatic carbocycles. The Morgan fingerprint density at radius 1 is 0.632 bits per heavy atom. The Bertz CT molecular complexity index is 196. The summed E-state index contributed by atoms with van der Waals surface area (Å²) in [6.45, 7) is 10.1. The van der Waals surface area contributed by atoms with E-state index in [1.54, 1.807) is 0 Å². The molecule has 0 N–H and O–H groups in total. The molecule has 0 saturated heterocycles. The smallest absolute Gasteiger partial charge is 0.0166 e. The molecule has 0 radical (unpaired) electrons. The lowest BCUT2D eigenvalue weighted by Crippen LogP contribution is -2.23. The first kappa shape index (κ1) is 18.4. The van der Waals surface area contributed by atoms with E-state index < -0.39 is 0 Å². The second-order valence-corrected chi connectivity index (χ2v) is 5.29. The minimum Gasteiger partial charge on any atom is -0.296 e. The molecule has 0 amide bonds. The fourth-order valence-electron chi connectivity index (χ4n) is 2.04. The van der Waals surface area contributed by atoms with Crippen molar-refractivity contribution in [1.29, 1.82) is 0 Å². The fraction of sp³-hybridized carbons (Fsp3) is 0.778. The van der Waals surface area contributed by atoms with Gasteiger partial charge in [0.15, 0.2) is 0 Å². The molecule has 1 heteroatoms. The van der Waals surface area contributed by atoms with Crippen molar-refractivity contribution in [2.45, 2.75) is 72.1 Å². The van der Waals surface area contributed by atoms with E-state index in [1.807, 2.05) is 0 Å². The van der Waals surface area contributed by atoms with E-state index in [0.29, 0.717) is 0 Å². The highest BCUT2D eigenvalue weighted by Gasteiger charge is 1.95. The van der Waals surface area contributed by atoms with Crippen LogP contribution in [0.4, 0.5) is 0 Å². The Labute approximate surface area is 121 Å². The number of nitrogens with zero attached hydrogens (tertiary/aromatic N) is 1. The third-order valence-electron chi connectivity index (χ3n) is 3.46. The van der Waals surface area contributed by atoms with Gasteiger partial charge in [-0.3, -0.25) is 4.90 Å². The summed E-state index contributed by atoms with van der Waals surface area (Å²) < 4.78 is 0. The summed E-state index contributed by atoms with van der Waals surface area (Å²) in [5.74, 6) is 0. The van der Waals surface area contributed by atoms with Gasteiger partial charge in [0.25, 0.3) is 0 Å². The van der Waals surface area contributed by atoms with Gasteiger partial charge in [0, 0.05) is 13.1 Å². The Balaban J connectivity index is 3.59. The van der Waals surface area contributed by atoms with Crippen molar-refractivity contribution < 1.29 is 0 Å². The number of likely N-dealkylation sites (N-methyl/N-ethyl adjacent to an activating group) is 1. The number of unbranched alkanes of at least 4 members (excludes halogenated alkanes) is 6. The van der Waals surface area contributed by atoms with Crippen LogP contribution >= 0.6 is 0 Å². The first-order valence-corrected chi connectivity index (χ1v) is 8.37. The van der Waals surface area contributed by atoms with E-state index >= 15 is 0 Å². The first-order chi connectivity index (χ1) is 9.35. The number of rotatable bonds is 13. The van der Waals surface area contributed by atoms with Gasteiger partial charge in [-0.15, -0.1) is 0 Å². The lowest BCUT2D eigenvalue weighted by Gasteiger charge is -2.15. The Morgan fingerprint density at radius 2 is 1.11 bits per heavy atom. The predicted molar refractivity (Wildman–Crippen MR) is 88.7 cm³/mol. The van der Waals surface area contributed by atoms with Gasteiger partial charge in [-0.25, -0.2) is 0 Å². The van der Waals surface area contributed by atoms with Crippen LogP contribution < -0.4 is 0 Å². The lowest BCUT2D eigenvalue weighted by molar-refractivity contribution is 0.354. The topological polar surface area (TPSA) is 3.24 Å². The van der Waals surface area contributed by atoms with Crippen molar-refractivity contribution in [3.8, 4) is 0 Å².